The highest BCUT2D eigenvalue weighted by molar-refractivity contribution is 5.74. The Balaban J connectivity index is 0. The van der Waals surface area contributed by atoms with Gasteiger partial charge in [-0.15, -0.1) is 0 Å². The highest BCUT2D eigenvalue weighted by Crippen LogP contribution is 2.17. The van der Waals surface area contributed by atoms with E-state index < -0.39 is 17.7 Å². The van der Waals surface area contributed by atoms with Crippen LogP contribution >= 0.6 is 0 Å². The molecule has 0 saturated carbocycles. The Morgan fingerprint density at radius 2 is 0.791 bits per heavy atom. The number of aliphatic hydroxyl groups is 3. The second-order valence-corrected chi connectivity index (χ2v) is 12.7. The van der Waals surface area contributed by atoms with Crippen molar-refractivity contribution in [3.8, 4) is 0 Å². The second-order valence-electron chi connectivity index (χ2n) is 12.7. The number of hydrogen-bond acceptors (Lipinski definition) is 5. The number of carboxylic acid groups (broad SMARTS) is 2. The quantitative estimate of drug-likeness (QED) is 0.0375. The van der Waals surface area contributed by atoms with Gasteiger partial charge in [-0.05, 0) is 25.7 Å². The fourth-order valence-electron chi connectivity index (χ4n) is 5.34. The van der Waals surface area contributed by atoms with E-state index in [-0.39, 0.29) is 12.5 Å². The Labute approximate surface area is 265 Å². The summed E-state index contributed by atoms with van der Waals surface area (Å²) in [6.07, 6.45) is 33.2. The molecule has 0 radical (unpaired) electrons. The van der Waals surface area contributed by atoms with Gasteiger partial charge < -0.3 is 25.5 Å². The van der Waals surface area contributed by atoms with Crippen molar-refractivity contribution in [3.63, 3.8) is 0 Å². The topological polar surface area (TPSA) is 135 Å². The van der Waals surface area contributed by atoms with E-state index in [0.29, 0.717) is 12.8 Å². The van der Waals surface area contributed by atoms with E-state index in [2.05, 4.69) is 13.8 Å². The minimum atomic E-state index is -2.54. The Morgan fingerprint density at radius 1 is 0.488 bits per heavy atom. The molecule has 7 nitrogen and oxygen atoms in total. The third-order valence-corrected chi connectivity index (χ3v) is 8.29. The lowest BCUT2D eigenvalue weighted by Crippen LogP contribution is -2.37. The Kier molecular flexibility index (Phi) is 34.5. The number of hydrogen-bond donors (Lipinski definition) is 5. The first-order valence-corrected chi connectivity index (χ1v) is 18.2. The van der Waals surface area contributed by atoms with Gasteiger partial charge in [-0.3, -0.25) is 4.79 Å². The lowest BCUT2D eigenvalue weighted by atomic mass is 10.0. The van der Waals surface area contributed by atoms with E-state index in [1.165, 1.54) is 116 Å². The van der Waals surface area contributed by atoms with Gasteiger partial charge >= 0.3 is 11.9 Å². The largest absolute Gasteiger partial charge is 0.481 e. The smallest absolute Gasteiger partial charge is 0.364 e. The number of carboxylic acids is 2. The van der Waals surface area contributed by atoms with Crippen LogP contribution in [0.4, 0.5) is 0 Å². The van der Waals surface area contributed by atoms with Crippen molar-refractivity contribution in [2.75, 3.05) is 0 Å². The summed E-state index contributed by atoms with van der Waals surface area (Å²) in [4.78, 5) is 20.8. The van der Waals surface area contributed by atoms with Gasteiger partial charge in [-0.1, -0.05) is 168 Å². The van der Waals surface area contributed by atoms with E-state index in [9.17, 15) is 14.7 Å². The molecule has 0 aromatic rings. The molecule has 0 aliphatic carbocycles. The molecular weight excluding hydrogens is 544 g/mol. The second kappa shape index (κ2) is 33.7. The monoisotopic (exact) mass is 617 g/mol. The molecule has 0 aromatic heterocycles. The maximum atomic E-state index is 10.5. The first-order chi connectivity index (χ1) is 20.7. The van der Waals surface area contributed by atoms with Crippen LogP contribution in [0.1, 0.15) is 206 Å². The van der Waals surface area contributed by atoms with E-state index in [1.54, 1.807) is 0 Å². The number of aliphatic hydroxyl groups excluding tert-OH is 1. The van der Waals surface area contributed by atoms with Crippen molar-refractivity contribution in [1.29, 1.82) is 0 Å². The third-order valence-electron chi connectivity index (χ3n) is 8.29. The van der Waals surface area contributed by atoms with Crippen LogP contribution in [0, 0.1) is 0 Å². The predicted molar refractivity (Wildman–Crippen MR) is 178 cm³/mol. The molecular formula is C36H72O7. The molecule has 0 rings (SSSR count). The summed E-state index contributed by atoms with van der Waals surface area (Å²) in [5, 5.41) is 45.2. The molecule has 1 atom stereocenters. The maximum Gasteiger partial charge on any atom is 0.364 e. The van der Waals surface area contributed by atoms with Crippen molar-refractivity contribution in [1.82, 2.24) is 0 Å². The molecule has 0 fully saturated rings. The molecule has 0 bridgehead atoms. The fourth-order valence-corrected chi connectivity index (χ4v) is 5.34. The van der Waals surface area contributed by atoms with Gasteiger partial charge in [0.05, 0.1) is 6.10 Å². The average molecular weight is 617 g/mol. The van der Waals surface area contributed by atoms with Crippen molar-refractivity contribution < 1.29 is 35.1 Å². The van der Waals surface area contributed by atoms with Crippen molar-refractivity contribution in [2.45, 2.75) is 218 Å². The summed E-state index contributed by atoms with van der Waals surface area (Å²) < 4.78 is 0. The Bertz CT molecular complexity index is 594. The third kappa shape index (κ3) is 36.9. The van der Waals surface area contributed by atoms with Crippen molar-refractivity contribution in [3.05, 3.63) is 0 Å². The Hall–Kier alpha value is -1.18. The maximum absolute atomic E-state index is 10.5. The molecule has 5 N–H and O–H groups in total. The SMILES string of the molecule is CCCCCCC(O)CCCCCCCCCCC(=O)O.CCCCCCCCCCCCCCCCC(O)(O)C(=O)O. The summed E-state index contributed by atoms with van der Waals surface area (Å²) in [7, 11) is 0. The highest BCUT2D eigenvalue weighted by atomic mass is 16.5. The zero-order valence-corrected chi connectivity index (χ0v) is 28.3. The molecule has 1 unspecified atom stereocenters. The summed E-state index contributed by atoms with van der Waals surface area (Å²) in [6, 6.07) is 0. The zero-order valence-electron chi connectivity index (χ0n) is 28.3. The summed E-state index contributed by atoms with van der Waals surface area (Å²) in [5.74, 6) is -4.78. The molecule has 258 valence electrons. The summed E-state index contributed by atoms with van der Waals surface area (Å²) in [5.41, 5.74) is 0. The van der Waals surface area contributed by atoms with Gasteiger partial charge in [0.25, 0.3) is 5.79 Å². The molecule has 0 aliphatic heterocycles. The van der Waals surface area contributed by atoms with E-state index in [0.717, 1.165) is 57.8 Å². The van der Waals surface area contributed by atoms with Gasteiger partial charge in [0.2, 0.25) is 0 Å². The van der Waals surface area contributed by atoms with Crippen LogP contribution in [0.2, 0.25) is 0 Å². The fraction of sp³-hybridized carbons (Fsp3) is 0.944. The minimum Gasteiger partial charge on any atom is -0.481 e. The molecule has 0 aromatic carbocycles. The predicted octanol–water partition coefficient (Wildman–Crippen LogP) is 9.93. The number of aliphatic carboxylic acids is 2. The molecule has 0 saturated heterocycles. The molecule has 0 aliphatic rings. The average Bonchev–Trinajstić information content (AvgIpc) is 2.96. The molecule has 0 heterocycles. The molecule has 43 heavy (non-hydrogen) atoms. The number of unbranched alkanes of at least 4 members (excludes halogenated alkanes) is 23. The first-order valence-electron chi connectivity index (χ1n) is 18.2. The number of rotatable bonds is 32. The van der Waals surface area contributed by atoms with E-state index in [4.69, 9.17) is 20.4 Å². The van der Waals surface area contributed by atoms with Gasteiger partial charge in [0.15, 0.2) is 0 Å². The minimum absolute atomic E-state index is 0.0830. The zero-order chi connectivity index (χ0) is 32.4. The van der Waals surface area contributed by atoms with Crippen LogP contribution in [-0.2, 0) is 9.59 Å². The molecule has 0 spiro atoms. The highest BCUT2D eigenvalue weighted by Gasteiger charge is 2.31. The van der Waals surface area contributed by atoms with Crippen molar-refractivity contribution in [2.24, 2.45) is 0 Å². The Morgan fingerprint density at radius 3 is 1.14 bits per heavy atom. The van der Waals surface area contributed by atoms with E-state index >= 15 is 0 Å². The summed E-state index contributed by atoms with van der Waals surface area (Å²) >= 11 is 0. The van der Waals surface area contributed by atoms with Gasteiger partial charge in [0.1, 0.15) is 0 Å². The van der Waals surface area contributed by atoms with Gasteiger partial charge in [-0.2, -0.15) is 0 Å². The molecule has 7 heteroatoms. The standard InChI is InChI=1S/C18H36O4.C18H36O3/c1-2-3-4-5-6-7-8-9-10-11-12-13-14-15-16-18(21,22)17(19)20;1-2-3-4-11-14-17(19)15-12-9-7-5-6-8-10-13-16-18(20)21/h21-22H,2-16H2,1H3,(H,19,20);17,19H,2-16H2,1H3,(H,20,21). The normalized spacial score (nSPS) is 12.1. The van der Waals surface area contributed by atoms with Crippen LogP contribution in [0.25, 0.3) is 0 Å². The van der Waals surface area contributed by atoms with Crippen molar-refractivity contribution >= 4 is 11.9 Å². The van der Waals surface area contributed by atoms with Gasteiger partial charge in [-0.25, -0.2) is 4.79 Å². The molecule has 0 amide bonds. The first kappa shape index (κ1) is 43.9. The number of carbonyl (C=O) groups is 2. The van der Waals surface area contributed by atoms with Crippen LogP contribution < -0.4 is 0 Å². The van der Waals surface area contributed by atoms with Crippen LogP contribution in [0.15, 0.2) is 0 Å². The lowest BCUT2D eigenvalue weighted by molar-refractivity contribution is -0.205. The van der Waals surface area contributed by atoms with Gasteiger partial charge in [0, 0.05) is 12.8 Å². The van der Waals surface area contributed by atoms with Crippen LogP contribution in [0.3, 0.4) is 0 Å². The lowest BCUT2D eigenvalue weighted by Gasteiger charge is -2.15. The van der Waals surface area contributed by atoms with E-state index in [1.807, 2.05) is 0 Å². The van der Waals surface area contributed by atoms with Crippen LogP contribution in [0.5, 0.6) is 0 Å². The van der Waals surface area contributed by atoms with Crippen LogP contribution in [-0.4, -0.2) is 49.4 Å². The summed E-state index contributed by atoms with van der Waals surface area (Å²) in [6.45, 7) is 4.46.